The van der Waals surface area contributed by atoms with Crippen LogP contribution in [0.2, 0.25) is 0 Å². The Morgan fingerprint density at radius 3 is 2.81 bits per heavy atom. The van der Waals surface area contributed by atoms with E-state index in [2.05, 4.69) is 66.8 Å². The predicted octanol–water partition coefficient (Wildman–Crippen LogP) is 3.12. The quantitative estimate of drug-likeness (QED) is 0.873. The molecule has 21 heavy (non-hydrogen) atoms. The molecule has 1 atom stereocenters. The monoisotopic (exact) mass is 280 g/mol. The first-order valence-corrected chi connectivity index (χ1v) is 7.25. The predicted molar refractivity (Wildman–Crippen MR) is 86.6 cm³/mol. The van der Waals surface area contributed by atoms with Crippen molar-refractivity contribution in [3.8, 4) is 11.1 Å². The van der Waals surface area contributed by atoms with E-state index in [1.54, 1.807) is 0 Å². The molecule has 3 heteroatoms. The highest BCUT2D eigenvalue weighted by Crippen LogP contribution is 2.35. The summed E-state index contributed by atoms with van der Waals surface area (Å²) in [7, 11) is 4.16. The van der Waals surface area contributed by atoms with Crippen molar-refractivity contribution in [2.24, 2.45) is 0 Å². The Morgan fingerprint density at radius 2 is 2.05 bits per heavy atom. The van der Waals surface area contributed by atoms with E-state index in [1.807, 2.05) is 0 Å². The van der Waals surface area contributed by atoms with Gasteiger partial charge in [0.15, 0.2) is 0 Å². The zero-order chi connectivity index (χ0) is 14.8. The number of hydrogen-bond acceptors (Lipinski definition) is 3. The molecule has 3 nitrogen and oxygen atoms in total. The van der Waals surface area contributed by atoms with Gasteiger partial charge in [-0.1, -0.05) is 36.4 Å². The summed E-state index contributed by atoms with van der Waals surface area (Å²) in [5, 5.41) is 3.33. The minimum absolute atomic E-state index is 0.00827. The number of fused-ring (bicyclic) bond motifs is 1. The maximum absolute atomic E-state index is 11.1. The molecule has 0 aliphatic carbocycles. The zero-order valence-electron chi connectivity index (χ0n) is 12.5. The Labute approximate surface area is 125 Å². The fourth-order valence-corrected chi connectivity index (χ4v) is 2.93. The van der Waals surface area contributed by atoms with Crippen molar-refractivity contribution >= 4 is 12.0 Å². The van der Waals surface area contributed by atoms with Crippen LogP contribution >= 0.6 is 0 Å². The lowest BCUT2D eigenvalue weighted by Crippen LogP contribution is -2.11. The molecule has 3 rings (SSSR count). The molecule has 0 saturated carbocycles. The van der Waals surface area contributed by atoms with Crippen molar-refractivity contribution in [2.75, 3.05) is 26.0 Å². The van der Waals surface area contributed by atoms with Crippen LogP contribution in [0.5, 0.6) is 0 Å². The number of benzene rings is 2. The Bertz CT molecular complexity index is 664. The maximum Gasteiger partial charge on any atom is 0.129 e. The zero-order valence-corrected chi connectivity index (χ0v) is 12.5. The minimum atomic E-state index is -0.00827. The van der Waals surface area contributed by atoms with E-state index in [0.717, 1.165) is 24.1 Å². The highest BCUT2D eigenvalue weighted by Gasteiger charge is 2.21. The fraction of sp³-hybridized carbons (Fsp3) is 0.278. The number of carbonyl (C=O) groups is 1. The Hall–Kier alpha value is -2.13. The highest BCUT2D eigenvalue weighted by atomic mass is 16.1. The molecule has 0 spiro atoms. The minimum Gasteiger partial charge on any atom is -0.384 e. The van der Waals surface area contributed by atoms with Gasteiger partial charge in [0.25, 0.3) is 0 Å². The van der Waals surface area contributed by atoms with E-state index in [4.69, 9.17) is 0 Å². The molecular weight excluding hydrogens is 260 g/mol. The lowest BCUT2D eigenvalue weighted by atomic mass is 9.95. The average molecular weight is 280 g/mol. The molecule has 1 aliphatic heterocycles. The first-order valence-electron chi connectivity index (χ1n) is 7.25. The van der Waals surface area contributed by atoms with E-state index < -0.39 is 0 Å². The molecule has 0 saturated heterocycles. The molecule has 0 bridgehead atoms. The van der Waals surface area contributed by atoms with E-state index in [0.29, 0.717) is 6.54 Å². The molecule has 2 aromatic carbocycles. The Morgan fingerprint density at radius 1 is 1.24 bits per heavy atom. The second kappa shape index (κ2) is 5.70. The molecule has 1 heterocycles. The highest BCUT2D eigenvalue weighted by molar-refractivity contribution is 5.79. The molecule has 0 amide bonds. The maximum atomic E-state index is 11.1. The summed E-state index contributed by atoms with van der Waals surface area (Å²) in [5.41, 5.74) is 5.96. The van der Waals surface area contributed by atoms with Crippen LogP contribution in [0, 0.1) is 0 Å². The number of carbonyl (C=O) groups excluding carboxylic acids is 1. The van der Waals surface area contributed by atoms with Gasteiger partial charge in [-0.2, -0.15) is 0 Å². The first kappa shape index (κ1) is 13.8. The van der Waals surface area contributed by atoms with Gasteiger partial charge in [0.1, 0.15) is 6.29 Å². The number of nitrogens with zero attached hydrogens (tertiary/aromatic N) is 1. The third kappa shape index (κ3) is 2.69. The molecular formula is C18H20N2O. The summed E-state index contributed by atoms with van der Waals surface area (Å²) < 4.78 is 0. The van der Waals surface area contributed by atoms with Crippen molar-refractivity contribution in [1.82, 2.24) is 4.90 Å². The Kier molecular flexibility index (Phi) is 3.76. The third-order valence-electron chi connectivity index (χ3n) is 3.94. The van der Waals surface area contributed by atoms with Crippen LogP contribution < -0.4 is 5.32 Å². The van der Waals surface area contributed by atoms with Gasteiger partial charge in [-0.25, -0.2) is 0 Å². The molecule has 108 valence electrons. The molecule has 0 fully saturated rings. The van der Waals surface area contributed by atoms with Gasteiger partial charge in [0.2, 0.25) is 0 Å². The van der Waals surface area contributed by atoms with Crippen LogP contribution in [0.4, 0.5) is 5.69 Å². The number of rotatable bonds is 4. The van der Waals surface area contributed by atoms with E-state index in [-0.39, 0.29) is 5.92 Å². The van der Waals surface area contributed by atoms with Crippen LogP contribution in [0.15, 0.2) is 42.5 Å². The summed E-state index contributed by atoms with van der Waals surface area (Å²) in [6.07, 6.45) is 1.03. The van der Waals surface area contributed by atoms with E-state index >= 15 is 0 Å². The smallest absolute Gasteiger partial charge is 0.129 e. The number of nitrogens with one attached hydrogen (secondary N) is 1. The summed E-state index contributed by atoms with van der Waals surface area (Å²) in [6.45, 7) is 1.62. The second-order valence-electron chi connectivity index (χ2n) is 5.82. The summed E-state index contributed by atoms with van der Waals surface area (Å²) in [5.74, 6) is -0.00827. The average Bonchev–Trinajstić information content (AvgIpc) is 2.89. The summed E-state index contributed by atoms with van der Waals surface area (Å²) in [4.78, 5) is 13.2. The fourth-order valence-electron chi connectivity index (χ4n) is 2.93. The van der Waals surface area contributed by atoms with Crippen LogP contribution in [0.3, 0.4) is 0 Å². The molecule has 0 aromatic heterocycles. The third-order valence-corrected chi connectivity index (χ3v) is 3.94. The van der Waals surface area contributed by atoms with Crippen LogP contribution in [0.25, 0.3) is 11.1 Å². The molecule has 1 unspecified atom stereocenters. The van der Waals surface area contributed by atoms with Gasteiger partial charge < -0.3 is 15.0 Å². The second-order valence-corrected chi connectivity index (χ2v) is 5.82. The topological polar surface area (TPSA) is 32.3 Å². The largest absolute Gasteiger partial charge is 0.384 e. The van der Waals surface area contributed by atoms with Gasteiger partial charge in [0, 0.05) is 18.8 Å². The normalized spacial score (nSPS) is 16.6. The van der Waals surface area contributed by atoms with Crippen molar-refractivity contribution in [1.29, 1.82) is 0 Å². The van der Waals surface area contributed by atoms with Crippen molar-refractivity contribution < 1.29 is 4.79 Å². The van der Waals surface area contributed by atoms with Gasteiger partial charge in [-0.05, 0) is 42.4 Å². The van der Waals surface area contributed by atoms with Crippen molar-refractivity contribution in [3.05, 3.63) is 53.6 Å². The van der Waals surface area contributed by atoms with Crippen LogP contribution in [0.1, 0.15) is 17.0 Å². The SMILES string of the molecule is CN(C)Cc1ccccc1-c1ccc2c(c1)NCC2C=O. The Balaban J connectivity index is 2.00. The molecule has 1 N–H and O–H groups in total. The lowest BCUT2D eigenvalue weighted by Gasteiger charge is -2.15. The van der Waals surface area contributed by atoms with E-state index in [9.17, 15) is 4.79 Å². The van der Waals surface area contributed by atoms with Crippen LogP contribution in [-0.4, -0.2) is 31.8 Å². The summed E-state index contributed by atoms with van der Waals surface area (Å²) >= 11 is 0. The lowest BCUT2D eigenvalue weighted by molar-refractivity contribution is -0.108. The van der Waals surface area contributed by atoms with Crippen LogP contribution in [-0.2, 0) is 11.3 Å². The van der Waals surface area contributed by atoms with Gasteiger partial charge in [-0.3, -0.25) is 0 Å². The number of hydrogen-bond donors (Lipinski definition) is 1. The molecule has 2 aromatic rings. The van der Waals surface area contributed by atoms with Gasteiger partial charge >= 0.3 is 0 Å². The summed E-state index contributed by atoms with van der Waals surface area (Å²) in [6, 6.07) is 14.8. The van der Waals surface area contributed by atoms with Crippen molar-refractivity contribution in [3.63, 3.8) is 0 Å². The first-order chi connectivity index (χ1) is 10.2. The standard InChI is InChI=1S/C18H20N2O/c1-20(2)11-14-5-3-4-6-16(14)13-7-8-17-15(12-21)10-19-18(17)9-13/h3-9,12,15,19H,10-11H2,1-2H3. The number of anilines is 1. The molecule has 1 aliphatic rings. The molecule has 0 radical (unpaired) electrons. The van der Waals surface area contributed by atoms with Gasteiger partial charge in [0.05, 0.1) is 5.92 Å². The number of aldehydes is 1. The van der Waals surface area contributed by atoms with Gasteiger partial charge in [-0.15, -0.1) is 0 Å². The van der Waals surface area contributed by atoms with Crippen molar-refractivity contribution in [2.45, 2.75) is 12.5 Å². The van der Waals surface area contributed by atoms with E-state index in [1.165, 1.54) is 16.7 Å².